The second kappa shape index (κ2) is 9.13. The van der Waals surface area contributed by atoms with E-state index in [9.17, 15) is 0 Å². The Hall–Kier alpha value is -2.27. The van der Waals surface area contributed by atoms with E-state index in [1.807, 2.05) is 62.4 Å². The van der Waals surface area contributed by atoms with Gasteiger partial charge in [-0.1, -0.05) is 23.8 Å². The third-order valence-corrected chi connectivity index (χ3v) is 3.52. The number of thiocarbonyl (C=S) groups is 1. The van der Waals surface area contributed by atoms with Gasteiger partial charge in [0.25, 0.3) is 0 Å². The molecular weight excluding hydrogens is 320 g/mol. The smallest absolute Gasteiger partial charge is 0.171 e. The molecule has 2 N–H and O–H groups in total. The quantitative estimate of drug-likeness (QED) is 0.739. The molecule has 0 aliphatic rings. The fourth-order valence-electron chi connectivity index (χ4n) is 2.12. The fraction of sp³-hybridized carbons (Fsp3) is 0.316. The summed E-state index contributed by atoms with van der Waals surface area (Å²) >= 11 is 5.35. The monoisotopic (exact) mass is 344 g/mol. The molecular formula is C19H24N2O2S. The van der Waals surface area contributed by atoms with E-state index in [1.54, 1.807) is 0 Å². The van der Waals surface area contributed by atoms with Crippen molar-refractivity contribution >= 4 is 23.0 Å². The zero-order chi connectivity index (χ0) is 17.4. The lowest BCUT2D eigenvalue weighted by Crippen LogP contribution is -2.39. The van der Waals surface area contributed by atoms with Crippen LogP contribution < -0.4 is 20.1 Å². The Labute approximate surface area is 149 Å². The maximum atomic E-state index is 5.76. The van der Waals surface area contributed by atoms with E-state index in [4.69, 9.17) is 21.7 Å². The van der Waals surface area contributed by atoms with Crippen molar-refractivity contribution in [3.63, 3.8) is 0 Å². The number of benzene rings is 2. The normalized spacial score (nSPS) is 11.5. The van der Waals surface area contributed by atoms with E-state index in [0.717, 1.165) is 17.2 Å². The second-order valence-corrected chi connectivity index (χ2v) is 5.99. The molecule has 0 aliphatic heterocycles. The van der Waals surface area contributed by atoms with Crippen molar-refractivity contribution in [3.8, 4) is 11.5 Å². The van der Waals surface area contributed by atoms with Gasteiger partial charge < -0.3 is 20.1 Å². The maximum absolute atomic E-state index is 5.76. The molecule has 0 saturated carbocycles. The Morgan fingerprint density at radius 2 is 1.83 bits per heavy atom. The topological polar surface area (TPSA) is 42.5 Å². The SMILES string of the molecule is CCOc1cccc(NC(=S)N[C@H](C)COc2ccc(C)cc2)c1. The van der Waals surface area contributed by atoms with Crippen molar-refractivity contribution in [2.45, 2.75) is 26.8 Å². The number of anilines is 1. The summed E-state index contributed by atoms with van der Waals surface area (Å²) in [4.78, 5) is 0. The minimum Gasteiger partial charge on any atom is -0.494 e. The molecule has 0 spiro atoms. The van der Waals surface area contributed by atoms with Crippen LogP contribution in [0.1, 0.15) is 19.4 Å². The van der Waals surface area contributed by atoms with Crippen molar-refractivity contribution < 1.29 is 9.47 Å². The van der Waals surface area contributed by atoms with Crippen molar-refractivity contribution in [2.24, 2.45) is 0 Å². The minimum atomic E-state index is 0.0846. The lowest BCUT2D eigenvalue weighted by molar-refractivity contribution is 0.287. The van der Waals surface area contributed by atoms with Gasteiger partial charge in [-0.15, -0.1) is 0 Å². The van der Waals surface area contributed by atoms with Gasteiger partial charge >= 0.3 is 0 Å². The molecule has 128 valence electrons. The Kier molecular flexibility index (Phi) is 6.88. The second-order valence-electron chi connectivity index (χ2n) is 5.58. The van der Waals surface area contributed by atoms with Crippen LogP contribution in [-0.2, 0) is 0 Å². The Morgan fingerprint density at radius 1 is 1.08 bits per heavy atom. The van der Waals surface area contributed by atoms with E-state index in [-0.39, 0.29) is 6.04 Å². The van der Waals surface area contributed by atoms with Crippen LogP contribution in [0.25, 0.3) is 0 Å². The predicted molar refractivity (Wildman–Crippen MR) is 103 cm³/mol. The standard InChI is InChI=1S/C19H24N2O2S/c1-4-22-18-7-5-6-16(12-18)21-19(24)20-15(3)13-23-17-10-8-14(2)9-11-17/h5-12,15H,4,13H2,1-3H3,(H2,20,21,24)/t15-/m1/s1. The van der Waals surface area contributed by atoms with Crippen molar-refractivity contribution in [1.29, 1.82) is 0 Å². The first-order chi connectivity index (χ1) is 11.6. The largest absolute Gasteiger partial charge is 0.494 e. The summed E-state index contributed by atoms with van der Waals surface area (Å²) in [6.45, 7) is 7.21. The first-order valence-corrected chi connectivity index (χ1v) is 8.47. The van der Waals surface area contributed by atoms with Crippen LogP contribution >= 0.6 is 12.2 Å². The molecule has 0 aromatic heterocycles. The van der Waals surface area contributed by atoms with Crippen LogP contribution in [0.15, 0.2) is 48.5 Å². The molecule has 1 atom stereocenters. The van der Waals surface area contributed by atoms with E-state index in [1.165, 1.54) is 5.56 Å². The van der Waals surface area contributed by atoms with Gasteiger partial charge in [-0.25, -0.2) is 0 Å². The van der Waals surface area contributed by atoms with Gasteiger partial charge in [0.15, 0.2) is 5.11 Å². The molecule has 0 radical (unpaired) electrons. The average molecular weight is 344 g/mol. The average Bonchev–Trinajstić information content (AvgIpc) is 2.55. The number of aryl methyl sites for hydroxylation is 1. The van der Waals surface area contributed by atoms with Gasteiger partial charge in [-0.2, -0.15) is 0 Å². The zero-order valence-corrected chi connectivity index (χ0v) is 15.2. The molecule has 0 unspecified atom stereocenters. The highest BCUT2D eigenvalue weighted by atomic mass is 32.1. The summed E-state index contributed by atoms with van der Waals surface area (Å²) in [5.74, 6) is 1.68. The van der Waals surface area contributed by atoms with Crippen molar-refractivity contribution in [2.75, 3.05) is 18.5 Å². The van der Waals surface area contributed by atoms with Crippen LogP contribution in [0.5, 0.6) is 11.5 Å². The molecule has 24 heavy (non-hydrogen) atoms. The molecule has 2 rings (SSSR count). The number of rotatable bonds is 7. The Morgan fingerprint density at radius 3 is 2.54 bits per heavy atom. The molecule has 0 saturated heterocycles. The van der Waals surface area contributed by atoms with E-state index in [2.05, 4.69) is 17.6 Å². The lowest BCUT2D eigenvalue weighted by atomic mass is 10.2. The van der Waals surface area contributed by atoms with Crippen LogP contribution in [0.4, 0.5) is 5.69 Å². The summed E-state index contributed by atoms with van der Waals surface area (Å²) in [7, 11) is 0. The minimum absolute atomic E-state index is 0.0846. The highest BCUT2D eigenvalue weighted by Crippen LogP contribution is 2.17. The number of ether oxygens (including phenoxy) is 2. The Balaban J connectivity index is 1.78. The molecule has 0 heterocycles. The van der Waals surface area contributed by atoms with Gasteiger partial charge in [0.1, 0.15) is 18.1 Å². The van der Waals surface area contributed by atoms with Gasteiger partial charge in [0, 0.05) is 11.8 Å². The van der Waals surface area contributed by atoms with Gasteiger partial charge in [0.2, 0.25) is 0 Å². The molecule has 2 aromatic carbocycles. The summed E-state index contributed by atoms with van der Waals surface area (Å²) in [5, 5.41) is 6.94. The zero-order valence-electron chi connectivity index (χ0n) is 14.3. The van der Waals surface area contributed by atoms with Gasteiger partial charge in [0.05, 0.1) is 12.6 Å². The van der Waals surface area contributed by atoms with E-state index >= 15 is 0 Å². The highest BCUT2D eigenvalue weighted by molar-refractivity contribution is 7.80. The third kappa shape index (κ3) is 6.08. The summed E-state index contributed by atoms with van der Waals surface area (Å²) < 4.78 is 11.2. The van der Waals surface area contributed by atoms with E-state index in [0.29, 0.717) is 18.3 Å². The molecule has 2 aromatic rings. The van der Waals surface area contributed by atoms with Gasteiger partial charge in [-0.05, 0) is 57.3 Å². The lowest BCUT2D eigenvalue weighted by Gasteiger charge is -2.18. The maximum Gasteiger partial charge on any atom is 0.171 e. The predicted octanol–water partition coefficient (Wildman–Crippen LogP) is 4.15. The van der Waals surface area contributed by atoms with E-state index < -0.39 is 0 Å². The van der Waals surface area contributed by atoms with Crippen molar-refractivity contribution in [3.05, 3.63) is 54.1 Å². The van der Waals surface area contributed by atoms with Crippen LogP contribution in [0.3, 0.4) is 0 Å². The summed E-state index contributed by atoms with van der Waals surface area (Å²) in [5.41, 5.74) is 2.11. The molecule has 0 bridgehead atoms. The number of hydrogen-bond donors (Lipinski definition) is 2. The summed E-state index contributed by atoms with van der Waals surface area (Å²) in [6.07, 6.45) is 0. The molecule has 4 nitrogen and oxygen atoms in total. The van der Waals surface area contributed by atoms with Crippen molar-refractivity contribution in [1.82, 2.24) is 5.32 Å². The molecule has 0 aliphatic carbocycles. The van der Waals surface area contributed by atoms with Gasteiger partial charge in [-0.3, -0.25) is 0 Å². The molecule has 0 amide bonds. The molecule has 5 heteroatoms. The fourth-order valence-corrected chi connectivity index (χ4v) is 2.44. The highest BCUT2D eigenvalue weighted by Gasteiger charge is 2.06. The Bertz CT molecular complexity index is 659. The first-order valence-electron chi connectivity index (χ1n) is 8.06. The van der Waals surface area contributed by atoms with Crippen LogP contribution in [-0.4, -0.2) is 24.4 Å². The van der Waals surface area contributed by atoms with Crippen LogP contribution in [0, 0.1) is 6.92 Å². The third-order valence-electron chi connectivity index (χ3n) is 3.30. The number of hydrogen-bond acceptors (Lipinski definition) is 3. The molecule has 0 fully saturated rings. The number of nitrogens with one attached hydrogen (secondary N) is 2. The first kappa shape index (κ1) is 18.1. The summed E-state index contributed by atoms with van der Waals surface area (Å²) in [6, 6.07) is 15.8. The van der Waals surface area contributed by atoms with Crippen LogP contribution in [0.2, 0.25) is 0 Å².